The quantitative estimate of drug-likeness (QED) is 0.254. The lowest BCUT2D eigenvalue weighted by Crippen LogP contribution is -2.43. The molecule has 0 radical (unpaired) electrons. The Bertz CT molecular complexity index is 341. The van der Waals surface area contributed by atoms with Crippen LogP contribution in [0.1, 0.15) is 39.0 Å². The molecule has 2 aliphatic rings. The van der Waals surface area contributed by atoms with Crippen molar-refractivity contribution in [3.63, 3.8) is 0 Å². The molecule has 0 bridgehead atoms. The van der Waals surface area contributed by atoms with Gasteiger partial charge in [0.25, 0.3) is 0 Å². The number of hydrogen-bond acceptors (Lipinski definition) is 4. The third kappa shape index (κ3) is 8.27. The standard InChI is InChI=1S/C16H31N3O2S.HI/c1-3-22-15-7-6-13(11-15)19-16(17-2)18-8-10-20-12-14-5-4-9-21-14;/h13-15H,3-12H2,1-2H3,(H2,17,18,19);1H. The SMILES string of the molecule is CCSC1CCC(NC(=NC)NCCOCC2CCCO2)C1.I. The summed E-state index contributed by atoms with van der Waals surface area (Å²) >= 11 is 2.08. The van der Waals surface area contributed by atoms with Crippen LogP contribution in [-0.2, 0) is 9.47 Å². The first-order valence-electron chi connectivity index (χ1n) is 8.60. The number of hydrogen-bond donors (Lipinski definition) is 2. The predicted molar refractivity (Wildman–Crippen MR) is 109 cm³/mol. The van der Waals surface area contributed by atoms with E-state index < -0.39 is 0 Å². The molecule has 3 unspecified atom stereocenters. The summed E-state index contributed by atoms with van der Waals surface area (Å²) in [5, 5.41) is 7.68. The van der Waals surface area contributed by atoms with Crippen molar-refractivity contribution in [1.82, 2.24) is 10.6 Å². The zero-order chi connectivity index (χ0) is 15.6. The highest BCUT2D eigenvalue weighted by Crippen LogP contribution is 2.29. The Morgan fingerprint density at radius 2 is 2.22 bits per heavy atom. The van der Waals surface area contributed by atoms with E-state index in [0.717, 1.165) is 30.8 Å². The topological polar surface area (TPSA) is 54.9 Å². The Balaban J connectivity index is 0.00000264. The van der Waals surface area contributed by atoms with Gasteiger partial charge in [0.1, 0.15) is 0 Å². The molecule has 0 amide bonds. The van der Waals surface area contributed by atoms with Gasteiger partial charge >= 0.3 is 0 Å². The van der Waals surface area contributed by atoms with E-state index in [2.05, 4.69) is 34.3 Å². The Kier molecular flexibility index (Phi) is 11.7. The molecule has 23 heavy (non-hydrogen) atoms. The summed E-state index contributed by atoms with van der Waals surface area (Å²) < 4.78 is 11.2. The second kappa shape index (κ2) is 12.6. The van der Waals surface area contributed by atoms with E-state index in [0.29, 0.717) is 25.4 Å². The molecule has 1 aliphatic heterocycles. The van der Waals surface area contributed by atoms with E-state index in [1.54, 1.807) is 0 Å². The van der Waals surface area contributed by atoms with Crippen molar-refractivity contribution in [1.29, 1.82) is 0 Å². The number of nitrogens with one attached hydrogen (secondary N) is 2. The molecule has 1 saturated carbocycles. The van der Waals surface area contributed by atoms with Crippen LogP contribution < -0.4 is 10.6 Å². The van der Waals surface area contributed by atoms with Crippen molar-refractivity contribution in [2.75, 3.05) is 39.2 Å². The highest BCUT2D eigenvalue weighted by Gasteiger charge is 2.25. The number of halogens is 1. The van der Waals surface area contributed by atoms with Crippen LogP contribution in [0.4, 0.5) is 0 Å². The highest BCUT2D eigenvalue weighted by molar-refractivity contribution is 14.0. The molecule has 1 saturated heterocycles. The molecule has 2 rings (SSSR count). The molecule has 7 heteroatoms. The lowest BCUT2D eigenvalue weighted by Gasteiger charge is -2.17. The van der Waals surface area contributed by atoms with E-state index in [4.69, 9.17) is 9.47 Å². The van der Waals surface area contributed by atoms with Crippen LogP contribution in [0.15, 0.2) is 4.99 Å². The van der Waals surface area contributed by atoms with Gasteiger partial charge in [-0.1, -0.05) is 6.92 Å². The number of aliphatic imine (C=N–C) groups is 1. The van der Waals surface area contributed by atoms with Gasteiger partial charge in [-0.05, 0) is 37.9 Å². The Labute approximate surface area is 162 Å². The number of rotatable bonds is 8. The number of guanidine groups is 1. The number of ether oxygens (including phenoxy) is 2. The Morgan fingerprint density at radius 1 is 1.35 bits per heavy atom. The van der Waals surface area contributed by atoms with Gasteiger partial charge < -0.3 is 20.1 Å². The summed E-state index contributed by atoms with van der Waals surface area (Å²) in [6, 6.07) is 0.558. The molecule has 3 atom stereocenters. The van der Waals surface area contributed by atoms with Crippen LogP contribution in [-0.4, -0.2) is 62.5 Å². The Morgan fingerprint density at radius 3 is 2.91 bits per heavy atom. The van der Waals surface area contributed by atoms with Crippen LogP contribution in [0.3, 0.4) is 0 Å². The molecular weight excluding hydrogens is 425 g/mol. The average molecular weight is 457 g/mol. The molecule has 5 nitrogen and oxygen atoms in total. The molecule has 0 aromatic rings. The molecular formula is C16H32IN3O2S. The zero-order valence-corrected chi connectivity index (χ0v) is 17.5. The molecule has 2 N–H and O–H groups in total. The molecule has 0 aromatic carbocycles. The van der Waals surface area contributed by atoms with Crippen LogP contribution in [0.5, 0.6) is 0 Å². The fourth-order valence-corrected chi connectivity index (χ4v) is 4.22. The van der Waals surface area contributed by atoms with Gasteiger partial charge in [0.15, 0.2) is 5.96 Å². The fraction of sp³-hybridized carbons (Fsp3) is 0.938. The number of nitrogens with zero attached hydrogens (tertiary/aromatic N) is 1. The summed E-state index contributed by atoms with van der Waals surface area (Å²) in [5.74, 6) is 2.11. The summed E-state index contributed by atoms with van der Waals surface area (Å²) in [6.07, 6.45) is 6.42. The molecule has 1 heterocycles. The lowest BCUT2D eigenvalue weighted by molar-refractivity contribution is 0.0191. The summed E-state index contributed by atoms with van der Waals surface area (Å²) in [6.45, 7) is 5.32. The van der Waals surface area contributed by atoms with Crippen molar-refractivity contribution in [2.45, 2.75) is 56.4 Å². The van der Waals surface area contributed by atoms with Crippen LogP contribution in [0, 0.1) is 0 Å². The number of thioether (sulfide) groups is 1. The van der Waals surface area contributed by atoms with E-state index in [1.165, 1.54) is 31.4 Å². The van der Waals surface area contributed by atoms with E-state index in [-0.39, 0.29) is 24.0 Å². The minimum atomic E-state index is 0. The first kappa shape index (κ1) is 21.3. The predicted octanol–water partition coefficient (Wildman–Crippen LogP) is 2.64. The van der Waals surface area contributed by atoms with Gasteiger partial charge in [-0.2, -0.15) is 11.8 Å². The van der Waals surface area contributed by atoms with Gasteiger partial charge in [0.2, 0.25) is 0 Å². The first-order valence-corrected chi connectivity index (χ1v) is 9.64. The van der Waals surface area contributed by atoms with E-state index in [1.807, 2.05) is 7.05 Å². The molecule has 2 fully saturated rings. The summed E-state index contributed by atoms with van der Waals surface area (Å²) in [5.41, 5.74) is 0. The monoisotopic (exact) mass is 457 g/mol. The highest BCUT2D eigenvalue weighted by atomic mass is 127. The minimum Gasteiger partial charge on any atom is -0.377 e. The smallest absolute Gasteiger partial charge is 0.191 e. The van der Waals surface area contributed by atoms with Crippen molar-refractivity contribution >= 4 is 41.7 Å². The van der Waals surface area contributed by atoms with Crippen molar-refractivity contribution in [3.8, 4) is 0 Å². The summed E-state index contributed by atoms with van der Waals surface area (Å²) in [4.78, 5) is 4.31. The maximum Gasteiger partial charge on any atom is 0.191 e. The molecule has 0 aromatic heterocycles. The maximum atomic E-state index is 5.66. The third-order valence-corrected chi connectivity index (χ3v) is 5.45. The summed E-state index contributed by atoms with van der Waals surface area (Å²) in [7, 11) is 1.83. The van der Waals surface area contributed by atoms with Gasteiger partial charge in [-0.3, -0.25) is 4.99 Å². The second-order valence-electron chi connectivity index (χ2n) is 5.94. The van der Waals surface area contributed by atoms with Crippen LogP contribution >= 0.6 is 35.7 Å². The second-order valence-corrected chi connectivity index (χ2v) is 7.52. The van der Waals surface area contributed by atoms with Crippen LogP contribution in [0.25, 0.3) is 0 Å². The van der Waals surface area contributed by atoms with Crippen molar-refractivity contribution in [2.24, 2.45) is 4.99 Å². The molecule has 1 aliphatic carbocycles. The first-order chi connectivity index (χ1) is 10.8. The Hall–Kier alpha value is 0.270. The normalized spacial score (nSPS) is 27.7. The van der Waals surface area contributed by atoms with Gasteiger partial charge in [0, 0.05) is 31.5 Å². The van der Waals surface area contributed by atoms with E-state index in [9.17, 15) is 0 Å². The van der Waals surface area contributed by atoms with Gasteiger partial charge in [-0.15, -0.1) is 24.0 Å². The minimum absolute atomic E-state index is 0. The zero-order valence-electron chi connectivity index (χ0n) is 14.4. The molecule has 136 valence electrons. The average Bonchev–Trinajstić information content (AvgIpc) is 3.18. The van der Waals surface area contributed by atoms with Crippen LogP contribution in [0.2, 0.25) is 0 Å². The van der Waals surface area contributed by atoms with Gasteiger partial charge in [0.05, 0.1) is 19.3 Å². The maximum absolute atomic E-state index is 5.66. The third-order valence-electron chi connectivity index (χ3n) is 4.22. The molecule has 0 spiro atoms. The fourth-order valence-electron chi connectivity index (χ4n) is 3.08. The van der Waals surface area contributed by atoms with E-state index >= 15 is 0 Å². The van der Waals surface area contributed by atoms with Crippen molar-refractivity contribution < 1.29 is 9.47 Å². The van der Waals surface area contributed by atoms with Crippen molar-refractivity contribution in [3.05, 3.63) is 0 Å². The van der Waals surface area contributed by atoms with Gasteiger partial charge in [-0.25, -0.2) is 0 Å². The largest absolute Gasteiger partial charge is 0.377 e. The lowest BCUT2D eigenvalue weighted by atomic mass is 10.2.